The van der Waals surface area contributed by atoms with Crippen LogP contribution in [0.5, 0.6) is 0 Å². The summed E-state index contributed by atoms with van der Waals surface area (Å²) in [6.45, 7) is 8.12. The van der Waals surface area contributed by atoms with Crippen molar-refractivity contribution in [2.75, 3.05) is 13.3 Å². The predicted molar refractivity (Wildman–Crippen MR) is 104 cm³/mol. The van der Waals surface area contributed by atoms with E-state index in [-0.39, 0.29) is 11.9 Å². The third-order valence-corrected chi connectivity index (χ3v) is 5.25. The minimum Gasteiger partial charge on any atom is -0.339 e. The number of nitrogens with zero attached hydrogens (tertiary/aromatic N) is 3. The molecule has 0 saturated heterocycles. The van der Waals surface area contributed by atoms with Gasteiger partial charge in [0.15, 0.2) is 5.16 Å². The summed E-state index contributed by atoms with van der Waals surface area (Å²) in [4.78, 5) is 23.4. The molecule has 1 heterocycles. The molecule has 25 heavy (non-hydrogen) atoms. The van der Waals surface area contributed by atoms with Crippen molar-refractivity contribution in [2.24, 2.45) is 0 Å². The quantitative estimate of drug-likeness (QED) is 0.572. The first-order valence-electron chi connectivity index (χ1n) is 8.53. The number of thioether (sulfide) groups is 1. The molecule has 5 heteroatoms. The molecule has 2 rings (SSSR count). The van der Waals surface area contributed by atoms with Crippen LogP contribution in [0, 0.1) is 20.8 Å². The zero-order valence-corrected chi connectivity index (χ0v) is 16.8. The summed E-state index contributed by atoms with van der Waals surface area (Å²) in [5.41, 5.74) is 5.41. The Labute approximate surface area is 155 Å². The second-order valence-electron chi connectivity index (χ2n) is 6.45. The average molecular weight is 358 g/mol. The molecule has 0 aliphatic heterocycles. The van der Waals surface area contributed by atoms with Crippen molar-refractivity contribution >= 4 is 17.7 Å². The first-order chi connectivity index (χ1) is 11.8. The van der Waals surface area contributed by atoms with E-state index in [1.54, 1.807) is 11.8 Å². The normalized spacial score (nSPS) is 12.1. The standard InChI is InChI=1S/C20H27N3OS/c1-13-7-9-17(10-8-13)16(4)23(5)19(24)12-11-18-14(2)21-20(25-6)22-15(18)3/h7-10,16H,11-12H2,1-6H3. The average Bonchev–Trinajstić information content (AvgIpc) is 2.59. The minimum absolute atomic E-state index is 0.0606. The number of benzene rings is 1. The molecule has 134 valence electrons. The molecule has 0 N–H and O–H groups in total. The maximum absolute atomic E-state index is 12.6. The Balaban J connectivity index is 2.03. The first kappa shape index (κ1) is 19.4. The lowest BCUT2D eigenvalue weighted by Gasteiger charge is -2.26. The zero-order chi connectivity index (χ0) is 18.6. The molecule has 1 unspecified atom stereocenters. The molecule has 1 atom stereocenters. The van der Waals surface area contributed by atoms with Crippen LogP contribution in [0.15, 0.2) is 29.4 Å². The van der Waals surface area contributed by atoms with E-state index in [4.69, 9.17) is 0 Å². The SMILES string of the molecule is CSc1nc(C)c(CCC(=O)N(C)C(C)c2ccc(C)cc2)c(C)n1. The van der Waals surface area contributed by atoms with E-state index in [9.17, 15) is 4.79 Å². The lowest BCUT2D eigenvalue weighted by molar-refractivity contribution is -0.131. The molecule has 1 amide bonds. The van der Waals surface area contributed by atoms with Crippen molar-refractivity contribution in [1.82, 2.24) is 14.9 Å². The van der Waals surface area contributed by atoms with Crippen molar-refractivity contribution < 1.29 is 4.79 Å². The maximum atomic E-state index is 12.6. The van der Waals surface area contributed by atoms with Gasteiger partial charge in [-0.15, -0.1) is 0 Å². The third kappa shape index (κ3) is 4.82. The van der Waals surface area contributed by atoms with Crippen LogP contribution in [-0.4, -0.2) is 34.1 Å². The maximum Gasteiger partial charge on any atom is 0.223 e. The summed E-state index contributed by atoms with van der Waals surface area (Å²) in [6, 6.07) is 8.41. The van der Waals surface area contributed by atoms with Crippen LogP contribution in [0.1, 0.15) is 47.5 Å². The van der Waals surface area contributed by atoms with Gasteiger partial charge in [0.25, 0.3) is 0 Å². The van der Waals surface area contributed by atoms with Gasteiger partial charge in [0.05, 0.1) is 6.04 Å². The molecular weight excluding hydrogens is 330 g/mol. The number of hydrogen-bond acceptors (Lipinski definition) is 4. The highest BCUT2D eigenvalue weighted by atomic mass is 32.2. The first-order valence-corrected chi connectivity index (χ1v) is 9.76. The molecule has 0 radical (unpaired) electrons. The van der Waals surface area contributed by atoms with Crippen LogP contribution in [0.3, 0.4) is 0 Å². The topological polar surface area (TPSA) is 46.1 Å². The molecule has 4 nitrogen and oxygen atoms in total. The van der Waals surface area contributed by atoms with Gasteiger partial charge < -0.3 is 4.90 Å². The van der Waals surface area contributed by atoms with E-state index in [0.717, 1.165) is 27.7 Å². The number of aromatic nitrogens is 2. The Hall–Kier alpha value is -1.88. The lowest BCUT2D eigenvalue weighted by Crippen LogP contribution is -2.30. The Morgan fingerprint density at radius 1 is 1.12 bits per heavy atom. The number of carbonyl (C=O) groups is 1. The highest BCUT2D eigenvalue weighted by Crippen LogP contribution is 2.21. The van der Waals surface area contributed by atoms with Crippen molar-refractivity contribution in [3.8, 4) is 0 Å². The highest BCUT2D eigenvalue weighted by Gasteiger charge is 2.18. The second kappa shape index (κ2) is 8.48. The van der Waals surface area contributed by atoms with Gasteiger partial charge in [-0.05, 0) is 51.5 Å². The van der Waals surface area contributed by atoms with Crippen LogP contribution >= 0.6 is 11.8 Å². The summed E-state index contributed by atoms with van der Waals surface area (Å²) in [5.74, 6) is 0.140. The van der Waals surface area contributed by atoms with Crippen LogP contribution in [0.2, 0.25) is 0 Å². The Bertz CT molecular complexity index is 720. The molecule has 0 saturated carbocycles. The van der Waals surface area contributed by atoms with E-state index in [1.807, 2.05) is 32.1 Å². The van der Waals surface area contributed by atoms with E-state index in [2.05, 4.69) is 48.1 Å². The number of carbonyl (C=O) groups excluding carboxylic acids is 1. The summed E-state index contributed by atoms with van der Waals surface area (Å²) >= 11 is 1.54. The number of rotatable bonds is 6. The van der Waals surface area contributed by atoms with Gasteiger partial charge in [0.1, 0.15) is 0 Å². The summed E-state index contributed by atoms with van der Waals surface area (Å²) in [6.07, 6.45) is 3.12. The number of aryl methyl sites for hydroxylation is 3. The smallest absolute Gasteiger partial charge is 0.223 e. The van der Waals surface area contributed by atoms with Crippen molar-refractivity contribution in [2.45, 2.75) is 51.7 Å². The van der Waals surface area contributed by atoms with Crippen LogP contribution in [-0.2, 0) is 11.2 Å². The molecule has 0 aliphatic rings. The molecule has 1 aromatic carbocycles. The van der Waals surface area contributed by atoms with Gasteiger partial charge in [-0.2, -0.15) is 0 Å². The molecule has 0 aliphatic carbocycles. The van der Waals surface area contributed by atoms with Crippen LogP contribution in [0.25, 0.3) is 0 Å². The summed E-state index contributed by atoms with van der Waals surface area (Å²) in [7, 11) is 1.87. The van der Waals surface area contributed by atoms with Gasteiger partial charge in [0, 0.05) is 24.9 Å². The van der Waals surface area contributed by atoms with E-state index in [0.29, 0.717) is 12.8 Å². The fourth-order valence-electron chi connectivity index (χ4n) is 2.85. The van der Waals surface area contributed by atoms with Crippen LogP contribution < -0.4 is 0 Å². The van der Waals surface area contributed by atoms with Crippen molar-refractivity contribution in [3.05, 3.63) is 52.3 Å². The number of amides is 1. The highest BCUT2D eigenvalue weighted by molar-refractivity contribution is 7.98. The monoisotopic (exact) mass is 357 g/mol. The molecule has 1 aromatic heterocycles. The van der Waals surface area contributed by atoms with E-state index >= 15 is 0 Å². The largest absolute Gasteiger partial charge is 0.339 e. The fraction of sp³-hybridized carbons (Fsp3) is 0.450. The van der Waals surface area contributed by atoms with Crippen molar-refractivity contribution in [1.29, 1.82) is 0 Å². The Morgan fingerprint density at radius 3 is 2.20 bits per heavy atom. The van der Waals surface area contributed by atoms with Gasteiger partial charge in [-0.3, -0.25) is 4.79 Å². The molecule has 0 spiro atoms. The third-order valence-electron chi connectivity index (χ3n) is 4.71. The van der Waals surface area contributed by atoms with Crippen LogP contribution in [0.4, 0.5) is 0 Å². The van der Waals surface area contributed by atoms with E-state index in [1.165, 1.54) is 5.56 Å². The molecule has 0 bridgehead atoms. The zero-order valence-electron chi connectivity index (χ0n) is 16.0. The Kier molecular flexibility index (Phi) is 6.59. The van der Waals surface area contributed by atoms with Gasteiger partial charge in [0.2, 0.25) is 5.91 Å². The van der Waals surface area contributed by atoms with Gasteiger partial charge in [-0.25, -0.2) is 9.97 Å². The molecule has 0 fully saturated rings. The molecular formula is C20H27N3OS. The lowest BCUT2D eigenvalue weighted by atomic mass is 10.0. The second-order valence-corrected chi connectivity index (χ2v) is 7.22. The number of hydrogen-bond donors (Lipinski definition) is 0. The minimum atomic E-state index is 0.0606. The predicted octanol–water partition coefficient (Wildman–Crippen LogP) is 4.28. The van der Waals surface area contributed by atoms with Gasteiger partial charge >= 0.3 is 0 Å². The summed E-state index contributed by atoms with van der Waals surface area (Å²) < 4.78 is 0. The van der Waals surface area contributed by atoms with Gasteiger partial charge in [-0.1, -0.05) is 41.6 Å². The van der Waals surface area contributed by atoms with Crippen molar-refractivity contribution in [3.63, 3.8) is 0 Å². The molecule has 2 aromatic rings. The summed E-state index contributed by atoms with van der Waals surface area (Å²) in [5, 5.41) is 0.787. The van der Waals surface area contributed by atoms with E-state index < -0.39 is 0 Å². The fourth-order valence-corrected chi connectivity index (χ4v) is 3.31. The Morgan fingerprint density at radius 2 is 1.68 bits per heavy atom.